The highest BCUT2D eigenvalue weighted by Gasteiger charge is 2.40. The van der Waals surface area contributed by atoms with Crippen molar-refractivity contribution in [2.75, 3.05) is 18.5 Å². The molecule has 0 spiro atoms. The van der Waals surface area contributed by atoms with E-state index in [1.54, 1.807) is 23.5 Å². The van der Waals surface area contributed by atoms with Crippen LogP contribution in [0.15, 0.2) is 51.8 Å². The van der Waals surface area contributed by atoms with Gasteiger partial charge in [-0.1, -0.05) is 49.1 Å². The fraction of sp³-hybridized carbons (Fsp3) is 0.429. The molecular formula is C21H24BrClN2O2S. The van der Waals surface area contributed by atoms with E-state index in [-0.39, 0.29) is 6.04 Å². The SMILES string of the molecule is CN1C(C2CCCCC2)CN(c2ccccc2)c2cc(Cl)c(Br)cc2S1(=O)=O. The van der Waals surface area contributed by atoms with Crippen LogP contribution in [0.25, 0.3) is 0 Å². The molecule has 2 aromatic rings. The average molecular weight is 484 g/mol. The van der Waals surface area contributed by atoms with E-state index >= 15 is 0 Å². The standard InChI is InChI=1S/C21H24BrClN2O2S/c1-24-20(15-8-4-2-5-9-15)14-25(16-10-6-3-7-11-16)19-13-18(23)17(22)12-21(19)28(24,26)27/h3,6-7,10-13,15,20H,2,4-5,8-9,14H2,1H3. The maximum atomic E-state index is 13.6. The van der Waals surface area contributed by atoms with Gasteiger partial charge in [-0.2, -0.15) is 4.31 Å². The van der Waals surface area contributed by atoms with Crippen LogP contribution in [0.4, 0.5) is 11.4 Å². The molecule has 1 atom stereocenters. The van der Waals surface area contributed by atoms with Gasteiger partial charge in [0.2, 0.25) is 10.0 Å². The van der Waals surface area contributed by atoms with Gasteiger partial charge in [-0.05, 0) is 59.0 Å². The Hall–Kier alpha value is -1.08. The summed E-state index contributed by atoms with van der Waals surface area (Å²) in [7, 11) is -1.90. The van der Waals surface area contributed by atoms with Crippen molar-refractivity contribution in [1.29, 1.82) is 0 Å². The van der Waals surface area contributed by atoms with Gasteiger partial charge in [0.25, 0.3) is 0 Å². The molecule has 4 rings (SSSR count). The third-order valence-corrected chi connectivity index (χ3v) is 9.16. The molecule has 4 nitrogen and oxygen atoms in total. The third-order valence-electron chi connectivity index (χ3n) is 6.05. The Labute approximate surface area is 180 Å². The second kappa shape index (κ2) is 7.98. The molecule has 0 N–H and O–H groups in total. The van der Waals surface area contributed by atoms with Gasteiger partial charge in [0.15, 0.2) is 0 Å². The van der Waals surface area contributed by atoms with Gasteiger partial charge in [0.1, 0.15) is 4.90 Å². The van der Waals surface area contributed by atoms with E-state index in [0.717, 1.165) is 18.5 Å². The van der Waals surface area contributed by atoms with Crippen LogP contribution in [0.5, 0.6) is 0 Å². The molecular weight excluding hydrogens is 460 g/mol. The highest BCUT2D eigenvalue weighted by molar-refractivity contribution is 9.10. The summed E-state index contributed by atoms with van der Waals surface area (Å²) in [5, 5.41) is 0.508. The van der Waals surface area contributed by atoms with Gasteiger partial charge >= 0.3 is 0 Å². The Morgan fingerprint density at radius 2 is 1.75 bits per heavy atom. The van der Waals surface area contributed by atoms with Gasteiger partial charge in [0.05, 0.1) is 10.7 Å². The molecule has 0 amide bonds. The van der Waals surface area contributed by atoms with E-state index in [1.807, 2.05) is 30.3 Å². The molecule has 150 valence electrons. The van der Waals surface area contributed by atoms with Crippen LogP contribution in [-0.4, -0.2) is 32.4 Å². The van der Waals surface area contributed by atoms with E-state index in [2.05, 4.69) is 20.8 Å². The number of nitrogens with zero attached hydrogens (tertiary/aromatic N) is 2. The monoisotopic (exact) mass is 482 g/mol. The number of rotatable bonds is 2. The summed E-state index contributed by atoms with van der Waals surface area (Å²) in [6.07, 6.45) is 5.74. The fourth-order valence-electron chi connectivity index (χ4n) is 4.49. The molecule has 0 aromatic heterocycles. The number of anilines is 2. The van der Waals surface area contributed by atoms with Crippen molar-refractivity contribution >= 4 is 48.9 Å². The van der Waals surface area contributed by atoms with Gasteiger partial charge < -0.3 is 4.90 Å². The zero-order valence-electron chi connectivity index (χ0n) is 15.8. The zero-order chi connectivity index (χ0) is 19.9. The number of para-hydroxylation sites is 1. The molecule has 1 fully saturated rings. The van der Waals surface area contributed by atoms with Gasteiger partial charge in [0, 0.05) is 29.8 Å². The summed E-state index contributed by atoms with van der Waals surface area (Å²) >= 11 is 9.79. The quantitative estimate of drug-likeness (QED) is 0.540. The number of hydrogen-bond donors (Lipinski definition) is 0. The van der Waals surface area contributed by atoms with Crippen molar-refractivity contribution in [3.63, 3.8) is 0 Å². The van der Waals surface area contributed by atoms with E-state index < -0.39 is 10.0 Å². The number of sulfonamides is 1. The summed E-state index contributed by atoms with van der Waals surface area (Å²) in [5.41, 5.74) is 1.62. The lowest BCUT2D eigenvalue weighted by Gasteiger charge is -2.36. The Kier molecular flexibility index (Phi) is 5.76. The number of hydrogen-bond acceptors (Lipinski definition) is 3. The smallest absolute Gasteiger partial charge is 0.245 e. The number of benzene rings is 2. The Balaban J connectivity index is 1.90. The first-order chi connectivity index (χ1) is 13.4. The van der Waals surface area contributed by atoms with Crippen molar-refractivity contribution in [1.82, 2.24) is 4.31 Å². The lowest BCUT2D eigenvalue weighted by atomic mass is 9.83. The first kappa shape index (κ1) is 20.2. The topological polar surface area (TPSA) is 40.6 Å². The first-order valence-electron chi connectivity index (χ1n) is 9.69. The van der Waals surface area contributed by atoms with Crippen LogP contribution < -0.4 is 4.90 Å². The number of fused-ring (bicyclic) bond motifs is 1. The molecule has 1 saturated carbocycles. The van der Waals surface area contributed by atoms with Crippen LogP contribution in [0.2, 0.25) is 5.02 Å². The van der Waals surface area contributed by atoms with E-state index in [1.165, 1.54) is 19.3 Å². The second-order valence-corrected chi connectivity index (χ2v) is 10.9. The minimum atomic E-state index is -3.63. The van der Waals surface area contributed by atoms with Crippen LogP contribution in [0.3, 0.4) is 0 Å². The summed E-state index contributed by atoms with van der Waals surface area (Å²) < 4.78 is 29.3. The van der Waals surface area contributed by atoms with Crippen LogP contribution >= 0.6 is 27.5 Å². The van der Waals surface area contributed by atoms with Crippen LogP contribution in [-0.2, 0) is 10.0 Å². The molecule has 2 aromatic carbocycles. The van der Waals surface area contributed by atoms with Crippen molar-refractivity contribution in [2.45, 2.75) is 43.0 Å². The molecule has 1 unspecified atom stereocenters. The van der Waals surface area contributed by atoms with Crippen molar-refractivity contribution in [3.05, 3.63) is 52.0 Å². The third kappa shape index (κ3) is 3.60. The Morgan fingerprint density at radius 3 is 2.43 bits per heavy atom. The Morgan fingerprint density at radius 1 is 1.07 bits per heavy atom. The minimum absolute atomic E-state index is 0.0737. The molecule has 0 saturated heterocycles. The summed E-state index contributed by atoms with van der Waals surface area (Å²) in [5.74, 6) is 0.368. The van der Waals surface area contributed by atoms with Crippen molar-refractivity contribution in [2.24, 2.45) is 5.92 Å². The van der Waals surface area contributed by atoms with E-state index in [9.17, 15) is 8.42 Å². The maximum Gasteiger partial charge on any atom is 0.245 e. The Bertz CT molecular complexity index is 962. The summed E-state index contributed by atoms with van der Waals surface area (Å²) in [4.78, 5) is 2.42. The van der Waals surface area contributed by atoms with E-state index in [4.69, 9.17) is 11.6 Å². The molecule has 2 aliphatic rings. The second-order valence-electron chi connectivity index (χ2n) is 7.67. The van der Waals surface area contributed by atoms with Crippen LogP contribution in [0.1, 0.15) is 32.1 Å². The summed E-state index contributed by atoms with van der Waals surface area (Å²) in [6.45, 7) is 0.620. The minimum Gasteiger partial charge on any atom is -0.339 e. The zero-order valence-corrected chi connectivity index (χ0v) is 19.0. The fourth-order valence-corrected chi connectivity index (χ4v) is 6.75. The van der Waals surface area contributed by atoms with Crippen molar-refractivity contribution < 1.29 is 8.42 Å². The number of likely N-dealkylation sites (N-methyl/N-ethyl adjacent to an activating group) is 1. The molecule has 28 heavy (non-hydrogen) atoms. The highest BCUT2D eigenvalue weighted by Crippen LogP contribution is 2.43. The maximum absolute atomic E-state index is 13.6. The number of halogens is 2. The molecule has 1 aliphatic carbocycles. The molecule has 0 bridgehead atoms. The highest BCUT2D eigenvalue weighted by atomic mass is 79.9. The van der Waals surface area contributed by atoms with E-state index in [0.29, 0.717) is 32.5 Å². The normalized spacial score (nSPS) is 23.2. The average Bonchev–Trinajstić information content (AvgIpc) is 2.78. The summed E-state index contributed by atoms with van der Waals surface area (Å²) in [6, 6.07) is 13.3. The molecule has 7 heteroatoms. The van der Waals surface area contributed by atoms with Crippen LogP contribution in [0, 0.1) is 5.92 Å². The van der Waals surface area contributed by atoms with Crippen molar-refractivity contribution in [3.8, 4) is 0 Å². The largest absolute Gasteiger partial charge is 0.339 e. The predicted octanol–water partition coefficient (Wildman–Crippen LogP) is 5.82. The van der Waals surface area contributed by atoms with Gasteiger partial charge in [-0.25, -0.2) is 8.42 Å². The molecule has 1 heterocycles. The first-order valence-corrected chi connectivity index (χ1v) is 12.3. The van der Waals surface area contributed by atoms with Gasteiger partial charge in [-0.3, -0.25) is 0 Å². The lowest BCUT2D eigenvalue weighted by Crippen LogP contribution is -2.46. The molecule has 1 aliphatic heterocycles. The molecule has 0 radical (unpaired) electrons. The lowest BCUT2D eigenvalue weighted by molar-refractivity contribution is 0.218. The van der Waals surface area contributed by atoms with Gasteiger partial charge in [-0.15, -0.1) is 0 Å². The predicted molar refractivity (Wildman–Crippen MR) is 118 cm³/mol.